The van der Waals surface area contributed by atoms with Gasteiger partial charge in [-0.05, 0) is 61.7 Å². The monoisotopic (exact) mass is 333 g/mol. The SMILES string of the molecule is CNCC(Cc1ccc(O)cc1)Cc1ccccc1Br. The molecule has 0 saturated heterocycles. The topological polar surface area (TPSA) is 32.3 Å². The lowest BCUT2D eigenvalue weighted by Gasteiger charge is -2.17. The molecule has 0 aromatic heterocycles. The van der Waals surface area contributed by atoms with Crippen molar-refractivity contribution < 1.29 is 5.11 Å². The smallest absolute Gasteiger partial charge is 0.115 e. The van der Waals surface area contributed by atoms with Crippen molar-refractivity contribution in [3.63, 3.8) is 0 Å². The molecule has 0 aliphatic heterocycles. The Kier molecular flexibility index (Phi) is 5.62. The maximum absolute atomic E-state index is 9.35. The van der Waals surface area contributed by atoms with Gasteiger partial charge in [0.15, 0.2) is 0 Å². The largest absolute Gasteiger partial charge is 0.508 e. The molecule has 0 spiro atoms. The van der Waals surface area contributed by atoms with Crippen LogP contribution in [0, 0.1) is 5.92 Å². The van der Waals surface area contributed by atoms with Crippen LogP contribution in [0.3, 0.4) is 0 Å². The molecule has 0 bridgehead atoms. The third kappa shape index (κ3) is 4.36. The van der Waals surface area contributed by atoms with Crippen LogP contribution in [-0.2, 0) is 12.8 Å². The van der Waals surface area contributed by atoms with Crippen LogP contribution >= 0.6 is 15.9 Å². The zero-order valence-electron chi connectivity index (χ0n) is 11.6. The maximum Gasteiger partial charge on any atom is 0.115 e. The van der Waals surface area contributed by atoms with E-state index in [-0.39, 0.29) is 0 Å². The summed E-state index contributed by atoms with van der Waals surface area (Å²) >= 11 is 3.62. The van der Waals surface area contributed by atoms with Crippen LogP contribution in [0.15, 0.2) is 53.0 Å². The molecule has 2 N–H and O–H groups in total. The summed E-state index contributed by atoms with van der Waals surface area (Å²) in [5, 5.41) is 12.6. The molecule has 0 aliphatic rings. The summed E-state index contributed by atoms with van der Waals surface area (Å²) in [4.78, 5) is 0. The van der Waals surface area contributed by atoms with E-state index in [4.69, 9.17) is 0 Å². The molecule has 2 aromatic rings. The van der Waals surface area contributed by atoms with Crippen molar-refractivity contribution in [2.45, 2.75) is 12.8 Å². The number of hydrogen-bond donors (Lipinski definition) is 2. The van der Waals surface area contributed by atoms with Gasteiger partial charge in [-0.25, -0.2) is 0 Å². The van der Waals surface area contributed by atoms with Crippen molar-refractivity contribution in [2.24, 2.45) is 5.92 Å². The van der Waals surface area contributed by atoms with Crippen molar-refractivity contribution in [3.05, 3.63) is 64.1 Å². The van der Waals surface area contributed by atoms with Gasteiger partial charge in [-0.2, -0.15) is 0 Å². The molecule has 0 radical (unpaired) electrons. The Hall–Kier alpha value is -1.32. The fourth-order valence-electron chi connectivity index (χ4n) is 2.45. The Bertz CT molecular complexity index is 539. The van der Waals surface area contributed by atoms with Crippen LogP contribution < -0.4 is 5.32 Å². The van der Waals surface area contributed by atoms with Crippen molar-refractivity contribution in [1.82, 2.24) is 5.32 Å². The Balaban J connectivity index is 2.07. The van der Waals surface area contributed by atoms with E-state index in [9.17, 15) is 5.11 Å². The summed E-state index contributed by atoms with van der Waals surface area (Å²) in [6.07, 6.45) is 2.03. The fourth-order valence-corrected chi connectivity index (χ4v) is 2.89. The number of hydrogen-bond acceptors (Lipinski definition) is 2. The van der Waals surface area contributed by atoms with Gasteiger partial charge in [-0.15, -0.1) is 0 Å². The highest BCUT2D eigenvalue weighted by Gasteiger charge is 2.12. The molecule has 0 saturated carbocycles. The van der Waals surface area contributed by atoms with E-state index in [1.54, 1.807) is 12.1 Å². The van der Waals surface area contributed by atoms with E-state index in [1.165, 1.54) is 15.6 Å². The molecule has 20 heavy (non-hydrogen) atoms. The highest BCUT2D eigenvalue weighted by molar-refractivity contribution is 9.10. The third-order valence-corrected chi connectivity index (χ3v) is 4.19. The van der Waals surface area contributed by atoms with Gasteiger partial charge in [0.25, 0.3) is 0 Å². The van der Waals surface area contributed by atoms with E-state index in [1.807, 2.05) is 25.2 Å². The predicted octanol–water partition coefficient (Wildman–Crippen LogP) is 3.78. The molecular weight excluding hydrogens is 314 g/mol. The van der Waals surface area contributed by atoms with Crippen LogP contribution in [0.1, 0.15) is 11.1 Å². The maximum atomic E-state index is 9.35. The van der Waals surface area contributed by atoms with Crippen molar-refractivity contribution >= 4 is 15.9 Å². The van der Waals surface area contributed by atoms with E-state index >= 15 is 0 Å². The molecule has 0 aliphatic carbocycles. The van der Waals surface area contributed by atoms with Gasteiger partial charge in [-0.1, -0.05) is 46.3 Å². The number of nitrogens with one attached hydrogen (secondary N) is 1. The fraction of sp³-hybridized carbons (Fsp3) is 0.294. The second-order valence-corrected chi connectivity index (χ2v) is 5.94. The molecule has 0 fully saturated rings. The number of benzene rings is 2. The van der Waals surface area contributed by atoms with Crippen LogP contribution in [0.5, 0.6) is 5.75 Å². The Morgan fingerprint density at radius 1 is 1.05 bits per heavy atom. The lowest BCUT2D eigenvalue weighted by atomic mass is 9.92. The molecule has 3 heteroatoms. The van der Waals surface area contributed by atoms with E-state index in [0.29, 0.717) is 11.7 Å². The summed E-state index contributed by atoms with van der Waals surface area (Å²) in [5.41, 5.74) is 2.60. The molecule has 2 rings (SSSR count). The summed E-state index contributed by atoms with van der Waals surface area (Å²) in [5.74, 6) is 0.855. The first-order valence-electron chi connectivity index (χ1n) is 6.85. The number of phenols is 1. The molecular formula is C17H20BrNO. The molecule has 2 aromatic carbocycles. The highest BCUT2D eigenvalue weighted by atomic mass is 79.9. The Labute approximate surface area is 129 Å². The predicted molar refractivity (Wildman–Crippen MR) is 87.1 cm³/mol. The minimum absolute atomic E-state index is 0.324. The first-order chi connectivity index (χ1) is 9.69. The lowest BCUT2D eigenvalue weighted by molar-refractivity contribution is 0.473. The third-order valence-electron chi connectivity index (χ3n) is 3.42. The second-order valence-electron chi connectivity index (χ2n) is 5.09. The van der Waals surface area contributed by atoms with E-state index in [0.717, 1.165) is 19.4 Å². The Morgan fingerprint density at radius 2 is 1.75 bits per heavy atom. The minimum Gasteiger partial charge on any atom is -0.508 e. The number of phenolic OH excluding ortho intramolecular Hbond substituents is 1. The first-order valence-corrected chi connectivity index (χ1v) is 7.64. The van der Waals surface area contributed by atoms with Crippen LogP contribution in [-0.4, -0.2) is 18.7 Å². The molecule has 2 nitrogen and oxygen atoms in total. The van der Waals surface area contributed by atoms with Crippen LogP contribution in [0.2, 0.25) is 0 Å². The standard InChI is InChI=1S/C17H20BrNO/c1-19-12-14(10-13-6-8-16(20)9-7-13)11-15-4-2-3-5-17(15)18/h2-9,14,19-20H,10-12H2,1H3. The van der Waals surface area contributed by atoms with Gasteiger partial charge >= 0.3 is 0 Å². The first kappa shape index (κ1) is 15.1. The van der Waals surface area contributed by atoms with Gasteiger partial charge in [0.05, 0.1) is 0 Å². The van der Waals surface area contributed by atoms with Gasteiger partial charge in [0.2, 0.25) is 0 Å². The van der Waals surface area contributed by atoms with Gasteiger partial charge in [-0.3, -0.25) is 0 Å². The number of halogens is 1. The lowest BCUT2D eigenvalue weighted by Crippen LogP contribution is -2.23. The van der Waals surface area contributed by atoms with Gasteiger partial charge in [0.1, 0.15) is 5.75 Å². The van der Waals surface area contributed by atoms with E-state index < -0.39 is 0 Å². The number of rotatable bonds is 6. The van der Waals surface area contributed by atoms with Gasteiger partial charge in [0, 0.05) is 4.47 Å². The molecule has 106 valence electrons. The minimum atomic E-state index is 0.324. The second kappa shape index (κ2) is 7.46. The highest BCUT2D eigenvalue weighted by Crippen LogP contribution is 2.22. The summed E-state index contributed by atoms with van der Waals surface area (Å²) in [6.45, 7) is 0.974. The van der Waals surface area contributed by atoms with Crippen molar-refractivity contribution in [2.75, 3.05) is 13.6 Å². The molecule has 0 amide bonds. The molecule has 1 unspecified atom stereocenters. The van der Waals surface area contributed by atoms with Gasteiger partial charge < -0.3 is 10.4 Å². The van der Waals surface area contributed by atoms with E-state index in [2.05, 4.69) is 39.4 Å². The Morgan fingerprint density at radius 3 is 2.40 bits per heavy atom. The van der Waals surface area contributed by atoms with Crippen molar-refractivity contribution in [3.8, 4) is 5.75 Å². The normalized spacial score (nSPS) is 12.3. The summed E-state index contributed by atoms with van der Waals surface area (Å²) in [6, 6.07) is 15.9. The number of aromatic hydroxyl groups is 1. The quantitative estimate of drug-likeness (QED) is 0.843. The zero-order chi connectivity index (χ0) is 14.4. The molecule has 0 heterocycles. The summed E-state index contributed by atoms with van der Waals surface area (Å²) in [7, 11) is 1.99. The summed E-state index contributed by atoms with van der Waals surface area (Å²) < 4.78 is 1.17. The average Bonchev–Trinajstić information content (AvgIpc) is 2.44. The molecule has 1 atom stereocenters. The average molecular weight is 334 g/mol. The van der Waals surface area contributed by atoms with Crippen LogP contribution in [0.4, 0.5) is 0 Å². The zero-order valence-corrected chi connectivity index (χ0v) is 13.2. The van der Waals surface area contributed by atoms with Crippen molar-refractivity contribution in [1.29, 1.82) is 0 Å². The van der Waals surface area contributed by atoms with Crippen LogP contribution in [0.25, 0.3) is 0 Å².